The maximum atomic E-state index is 10.6. The first-order valence-corrected chi connectivity index (χ1v) is 14.1. The number of rotatable bonds is 4. The molecule has 1 aliphatic rings. The summed E-state index contributed by atoms with van der Waals surface area (Å²) in [6, 6.07) is 12.7. The van der Waals surface area contributed by atoms with E-state index in [0.717, 1.165) is 59.5 Å². The normalized spacial score (nSPS) is 14.9. The van der Waals surface area contributed by atoms with E-state index in [1.807, 2.05) is 41.3 Å². The van der Waals surface area contributed by atoms with E-state index in [1.54, 1.807) is 6.20 Å². The summed E-state index contributed by atoms with van der Waals surface area (Å²) in [5.41, 5.74) is 19.4. The number of imidazole rings is 1. The highest BCUT2D eigenvalue weighted by Crippen LogP contribution is 2.31. The quantitative estimate of drug-likeness (QED) is 0.193. The zero-order valence-corrected chi connectivity index (χ0v) is 24.8. The number of carboxylic acids is 2. The number of hydrogen-bond acceptors (Lipinski definition) is 9. The molecule has 0 saturated carbocycles. The van der Waals surface area contributed by atoms with Gasteiger partial charge in [0, 0.05) is 67.0 Å². The van der Waals surface area contributed by atoms with E-state index in [9.17, 15) is 26.3 Å². The Bertz CT molecular complexity index is 1890. The van der Waals surface area contributed by atoms with Gasteiger partial charge in [-0.15, -0.1) is 0 Å². The molecule has 254 valence electrons. The predicted molar refractivity (Wildman–Crippen MR) is 162 cm³/mol. The minimum absolute atomic E-state index is 0.177. The number of aliphatic carboxylic acids is 2. The Labute approximate surface area is 267 Å². The van der Waals surface area contributed by atoms with Gasteiger partial charge in [-0.3, -0.25) is 14.4 Å². The fourth-order valence-electron chi connectivity index (χ4n) is 4.85. The summed E-state index contributed by atoms with van der Waals surface area (Å²) in [6.07, 6.45) is 1.96. The van der Waals surface area contributed by atoms with Gasteiger partial charge >= 0.3 is 24.3 Å². The highest BCUT2D eigenvalue weighted by atomic mass is 19.4. The molecule has 0 bridgehead atoms. The number of benzene rings is 1. The van der Waals surface area contributed by atoms with Crippen molar-refractivity contribution in [3.05, 3.63) is 78.6 Å². The molecule has 0 unspecified atom stereocenters. The number of fused-ring (bicyclic) bond motifs is 2. The molecule has 4 aromatic heterocycles. The van der Waals surface area contributed by atoms with Crippen molar-refractivity contribution in [2.45, 2.75) is 37.7 Å². The summed E-state index contributed by atoms with van der Waals surface area (Å²) in [6.45, 7) is 1.81. The molecule has 0 aliphatic carbocycles. The summed E-state index contributed by atoms with van der Waals surface area (Å²) in [5, 5.41) is 15.3. The highest BCUT2D eigenvalue weighted by Gasteiger charge is 2.38. The van der Waals surface area contributed by atoms with Gasteiger partial charge in [0.2, 0.25) is 0 Å². The molecular weight excluding hydrogens is 650 g/mol. The van der Waals surface area contributed by atoms with Crippen molar-refractivity contribution in [3.63, 3.8) is 0 Å². The number of nitrogen functional groups attached to an aromatic ring is 1. The zero-order valence-electron chi connectivity index (χ0n) is 24.8. The van der Waals surface area contributed by atoms with Crippen LogP contribution in [-0.2, 0) is 16.0 Å². The lowest BCUT2D eigenvalue weighted by Gasteiger charge is -2.34. The standard InChI is InChI=1S/C26H26N8.2C2HF3O2/c27-20-4-2-9-33(16-20)24-15-31-23(18-5-6-22-17(11-18)3-1-7-29-22)13-19(24)12-21-14-32-26-25(28)30-8-10-34(21)26;2*3-2(4,5)1(6)7/h1,3,5-8,10-11,13-15,20H,2,4,9,12,16,27H2,(H2,28,30);2*(H,6,7)/t20-;;/m1../s1. The van der Waals surface area contributed by atoms with Crippen LogP contribution in [0.15, 0.2) is 67.4 Å². The van der Waals surface area contributed by atoms with Crippen LogP contribution in [-0.4, -0.2) is 78.0 Å². The number of carbonyl (C=O) groups is 2. The van der Waals surface area contributed by atoms with Gasteiger partial charge in [0.05, 0.1) is 23.1 Å². The summed E-state index contributed by atoms with van der Waals surface area (Å²) >= 11 is 0. The highest BCUT2D eigenvalue weighted by molar-refractivity contribution is 5.84. The number of hydrogen-bond donors (Lipinski definition) is 4. The Balaban J connectivity index is 0.000000314. The van der Waals surface area contributed by atoms with Crippen LogP contribution in [0.3, 0.4) is 0 Å². The second-order valence-corrected chi connectivity index (χ2v) is 10.5. The monoisotopic (exact) mass is 678 g/mol. The molecule has 1 fully saturated rings. The number of halogens is 6. The number of nitrogens with two attached hydrogens (primary N) is 2. The summed E-state index contributed by atoms with van der Waals surface area (Å²) in [5.74, 6) is -5.09. The molecule has 6 rings (SSSR count). The van der Waals surface area contributed by atoms with Crippen molar-refractivity contribution >= 4 is 40.0 Å². The van der Waals surface area contributed by atoms with Crippen LogP contribution < -0.4 is 16.4 Å². The molecule has 0 spiro atoms. The number of pyridine rings is 2. The molecular formula is C30H28F6N8O4. The number of alkyl halides is 6. The van der Waals surface area contributed by atoms with E-state index in [0.29, 0.717) is 17.9 Å². The minimum Gasteiger partial charge on any atom is -0.475 e. The van der Waals surface area contributed by atoms with Crippen LogP contribution in [0.25, 0.3) is 27.8 Å². The van der Waals surface area contributed by atoms with Crippen molar-refractivity contribution in [2.75, 3.05) is 23.7 Å². The summed E-state index contributed by atoms with van der Waals surface area (Å²) in [7, 11) is 0. The Morgan fingerprint density at radius 2 is 1.60 bits per heavy atom. The number of anilines is 2. The van der Waals surface area contributed by atoms with Crippen LogP contribution in [0, 0.1) is 0 Å². The third kappa shape index (κ3) is 8.84. The minimum atomic E-state index is -5.08. The Morgan fingerprint density at radius 1 is 0.917 bits per heavy atom. The van der Waals surface area contributed by atoms with Crippen molar-refractivity contribution in [1.29, 1.82) is 0 Å². The van der Waals surface area contributed by atoms with E-state index in [-0.39, 0.29) is 6.04 Å². The first-order valence-electron chi connectivity index (χ1n) is 14.1. The number of carboxylic acid groups (broad SMARTS) is 2. The molecule has 48 heavy (non-hydrogen) atoms. The smallest absolute Gasteiger partial charge is 0.475 e. The lowest BCUT2D eigenvalue weighted by Crippen LogP contribution is -2.43. The maximum Gasteiger partial charge on any atom is 0.490 e. The molecule has 6 N–H and O–H groups in total. The van der Waals surface area contributed by atoms with Crippen LogP contribution in [0.4, 0.5) is 37.8 Å². The van der Waals surface area contributed by atoms with E-state index >= 15 is 0 Å². The summed E-state index contributed by atoms with van der Waals surface area (Å²) in [4.78, 5) is 38.1. The summed E-state index contributed by atoms with van der Waals surface area (Å²) < 4.78 is 65.5. The van der Waals surface area contributed by atoms with Crippen molar-refractivity contribution in [3.8, 4) is 11.3 Å². The topological polar surface area (TPSA) is 186 Å². The average Bonchev–Trinajstić information content (AvgIpc) is 3.44. The van der Waals surface area contributed by atoms with Crippen LogP contribution in [0.5, 0.6) is 0 Å². The molecule has 0 radical (unpaired) electrons. The van der Waals surface area contributed by atoms with E-state index in [4.69, 9.17) is 36.3 Å². The van der Waals surface area contributed by atoms with Crippen molar-refractivity contribution in [1.82, 2.24) is 24.3 Å². The maximum absolute atomic E-state index is 10.6. The molecule has 1 atom stereocenters. The molecule has 1 saturated heterocycles. The first kappa shape index (κ1) is 35.3. The van der Waals surface area contributed by atoms with E-state index < -0.39 is 24.3 Å². The molecule has 18 heteroatoms. The fraction of sp³-hybridized carbons (Fsp3) is 0.267. The molecule has 12 nitrogen and oxygen atoms in total. The molecule has 5 heterocycles. The van der Waals surface area contributed by atoms with Gasteiger partial charge in [-0.2, -0.15) is 26.3 Å². The predicted octanol–water partition coefficient (Wildman–Crippen LogP) is 4.71. The van der Waals surface area contributed by atoms with E-state index in [2.05, 4.69) is 44.1 Å². The first-order chi connectivity index (χ1) is 22.5. The largest absolute Gasteiger partial charge is 0.490 e. The van der Waals surface area contributed by atoms with Gasteiger partial charge in [-0.25, -0.2) is 19.6 Å². The fourth-order valence-corrected chi connectivity index (χ4v) is 4.85. The second-order valence-electron chi connectivity index (χ2n) is 10.5. The van der Waals surface area contributed by atoms with E-state index in [1.165, 1.54) is 5.56 Å². The third-order valence-corrected chi connectivity index (χ3v) is 7.05. The van der Waals surface area contributed by atoms with Gasteiger partial charge in [-0.05, 0) is 42.7 Å². The molecule has 5 aromatic rings. The van der Waals surface area contributed by atoms with Crippen LogP contribution >= 0.6 is 0 Å². The third-order valence-electron chi connectivity index (χ3n) is 7.05. The Hall–Kier alpha value is -5.52. The van der Waals surface area contributed by atoms with Gasteiger partial charge in [0.15, 0.2) is 11.5 Å². The van der Waals surface area contributed by atoms with Crippen molar-refractivity contribution < 1.29 is 46.1 Å². The Morgan fingerprint density at radius 3 is 2.25 bits per heavy atom. The average molecular weight is 679 g/mol. The van der Waals surface area contributed by atoms with Crippen molar-refractivity contribution in [2.24, 2.45) is 5.73 Å². The number of aromatic nitrogens is 5. The van der Waals surface area contributed by atoms with Gasteiger partial charge in [0.25, 0.3) is 0 Å². The Kier molecular flexibility index (Phi) is 10.7. The molecule has 1 aromatic carbocycles. The molecule has 1 aliphatic heterocycles. The van der Waals surface area contributed by atoms with Crippen LogP contribution in [0.1, 0.15) is 24.1 Å². The van der Waals surface area contributed by atoms with Crippen LogP contribution in [0.2, 0.25) is 0 Å². The number of nitrogens with zero attached hydrogens (tertiary/aromatic N) is 6. The van der Waals surface area contributed by atoms with Gasteiger partial charge < -0.3 is 26.6 Å². The van der Waals surface area contributed by atoms with Gasteiger partial charge in [0.1, 0.15) is 0 Å². The SMILES string of the molecule is Nc1nccn2c(Cc3cc(-c4ccc5ncccc5c4)ncc3N3CCC[C@@H](N)C3)cnc12.O=C(O)C(F)(F)F.O=C(O)C(F)(F)F. The lowest BCUT2D eigenvalue weighted by molar-refractivity contribution is -0.193. The number of piperidine rings is 1. The van der Waals surface area contributed by atoms with Gasteiger partial charge in [-0.1, -0.05) is 12.1 Å². The zero-order chi connectivity index (χ0) is 35.2. The molecule has 0 amide bonds. The second kappa shape index (κ2) is 14.5. The lowest BCUT2D eigenvalue weighted by atomic mass is 10.0.